The highest BCUT2D eigenvalue weighted by Gasteiger charge is 2.32. The van der Waals surface area contributed by atoms with Crippen molar-refractivity contribution in [2.75, 3.05) is 27.2 Å². The SMILES string of the molecule is CN(C)CC(=O)N[C@H]1CC[C@H](CC(=O)NCc2ccc(Cl)cc2)O[C@H]1CO. The molecule has 3 atom stereocenters. The number of aliphatic hydroxyl groups excluding tert-OH is 1. The second-order valence-corrected chi connectivity index (χ2v) is 7.51. The highest BCUT2D eigenvalue weighted by Crippen LogP contribution is 2.22. The van der Waals surface area contributed by atoms with Crippen molar-refractivity contribution in [2.45, 2.75) is 44.1 Å². The van der Waals surface area contributed by atoms with Gasteiger partial charge < -0.3 is 25.4 Å². The van der Waals surface area contributed by atoms with Crippen LogP contribution < -0.4 is 10.6 Å². The van der Waals surface area contributed by atoms with Gasteiger partial charge in [0.05, 0.1) is 31.7 Å². The molecule has 3 N–H and O–H groups in total. The molecule has 2 rings (SSSR count). The van der Waals surface area contributed by atoms with Crippen LogP contribution in [0.4, 0.5) is 0 Å². The predicted octanol–water partition coefficient (Wildman–Crippen LogP) is 0.933. The minimum Gasteiger partial charge on any atom is -0.394 e. The molecule has 0 radical (unpaired) electrons. The maximum absolute atomic E-state index is 12.2. The van der Waals surface area contributed by atoms with Gasteiger partial charge in [-0.3, -0.25) is 9.59 Å². The highest BCUT2D eigenvalue weighted by atomic mass is 35.5. The molecular formula is C19H28ClN3O4. The molecule has 2 amide bonds. The zero-order chi connectivity index (χ0) is 19.8. The van der Waals surface area contributed by atoms with Gasteiger partial charge in [-0.05, 0) is 44.6 Å². The zero-order valence-corrected chi connectivity index (χ0v) is 16.5. The summed E-state index contributed by atoms with van der Waals surface area (Å²) in [6, 6.07) is 7.05. The number of hydrogen-bond donors (Lipinski definition) is 3. The van der Waals surface area contributed by atoms with E-state index in [-0.39, 0.29) is 43.5 Å². The monoisotopic (exact) mass is 397 g/mol. The Balaban J connectivity index is 1.77. The summed E-state index contributed by atoms with van der Waals surface area (Å²) in [5.41, 5.74) is 0.967. The molecule has 8 heteroatoms. The van der Waals surface area contributed by atoms with Crippen LogP contribution in [0.15, 0.2) is 24.3 Å². The van der Waals surface area contributed by atoms with E-state index >= 15 is 0 Å². The number of aliphatic hydroxyl groups is 1. The Morgan fingerprint density at radius 3 is 2.56 bits per heavy atom. The molecule has 1 aliphatic rings. The van der Waals surface area contributed by atoms with E-state index in [0.29, 0.717) is 24.4 Å². The molecule has 0 aromatic heterocycles. The molecule has 1 aromatic rings. The first-order chi connectivity index (χ1) is 12.9. The lowest BCUT2D eigenvalue weighted by atomic mass is 9.97. The Labute approximate surface area is 165 Å². The lowest BCUT2D eigenvalue weighted by Crippen LogP contribution is -2.52. The van der Waals surface area contributed by atoms with Crippen molar-refractivity contribution in [2.24, 2.45) is 0 Å². The van der Waals surface area contributed by atoms with E-state index in [2.05, 4.69) is 10.6 Å². The Bertz CT molecular complexity index is 624. The first kappa shape index (κ1) is 21.6. The fraction of sp³-hybridized carbons (Fsp3) is 0.579. The van der Waals surface area contributed by atoms with Crippen molar-refractivity contribution in [1.29, 1.82) is 0 Å². The Morgan fingerprint density at radius 2 is 1.93 bits per heavy atom. The first-order valence-electron chi connectivity index (χ1n) is 9.09. The molecule has 7 nitrogen and oxygen atoms in total. The minimum absolute atomic E-state index is 0.105. The summed E-state index contributed by atoms with van der Waals surface area (Å²) in [5, 5.41) is 16.0. The lowest BCUT2D eigenvalue weighted by molar-refractivity contribution is -0.136. The average molecular weight is 398 g/mol. The maximum atomic E-state index is 12.2. The quantitative estimate of drug-likeness (QED) is 0.607. The normalized spacial score (nSPS) is 22.5. The summed E-state index contributed by atoms with van der Waals surface area (Å²) in [7, 11) is 3.64. The number of carbonyl (C=O) groups is 2. The molecule has 0 aliphatic carbocycles. The van der Waals surface area contributed by atoms with E-state index in [1.54, 1.807) is 17.0 Å². The number of rotatable bonds is 8. The number of benzene rings is 1. The van der Waals surface area contributed by atoms with Gasteiger partial charge in [0.15, 0.2) is 0 Å². The van der Waals surface area contributed by atoms with Crippen molar-refractivity contribution in [3.8, 4) is 0 Å². The molecule has 1 saturated heterocycles. The van der Waals surface area contributed by atoms with Gasteiger partial charge in [-0.25, -0.2) is 0 Å². The summed E-state index contributed by atoms with van der Waals surface area (Å²) >= 11 is 5.85. The first-order valence-corrected chi connectivity index (χ1v) is 9.46. The topological polar surface area (TPSA) is 90.9 Å². The molecule has 0 unspecified atom stereocenters. The van der Waals surface area contributed by atoms with E-state index in [0.717, 1.165) is 5.56 Å². The molecule has 1 aromatic carbocycles. The molecular weight excluding hydrogens is 370 g/mol. The van der Waals surface area contributed by atoms with E-state index in [9.17, 15) is 14.7 Å². The van der Waals surface area contributed by atoms with Crippen LogP contribution in [-0.4, -0.2) is 67.3 Å². The molecule has 1 heterocycles. The number of halogens is 1. The van der Waals surface area contributed by atoms with Gasteiger partial charge >= 0.3 is 0 Å². The van der Waals surface area contributed by atoms with Gasteiger partial charge in [0.1, 0.15) is 6.10 Å². The number of nitrogens with zero attached hydrogens (tertiary/aromatic N) is 1. The van der Waals surface area contributed by atoms with Crippen LogP contribution in [0.2, 0.25) is 5.02 Å². The van der Waals surface area contributed by atoms with Crippen LogP contribution in [-0.2, 0) is 20.9 Å². The second-order valence-electron chi connectivity index (χ2n) is 7.08. The predicted molar refractivity (Wildman–Crippen MR) is 103 cm³/mol. The average Bonchev–Trinajstić information content (AvgIpc) is 2.61. The number of carbonyl (C=O) groups excluding carboxylic acids is 2. The van der Waals surface area contributed by atoms with Crippen molar-refractivity contribution in [3.63, 3.8) is 0 Å². The smallest absolute Gasteiger partial charge is 0.234 e. The number of ether oxygens (including phenoxy) is 1. The fourth-order valence-corrected chi connectivity index (χ4v) is 3.19. The van der Waals surface area contributed by atoms with E-state index in [4.69, 9.17) is 16.3 Å². The molecule has 1 aliphatic heterocycles. The summed E-state index contributed by atoms with van der Waals surface area (Å²) < 4.78 is 5.84. The molecule has 1 fully saturated rings. The third-order valence-electron chi connectivity index (χ3n) is 4.42. The highest BCUT2D eigenvalue weighted by molar-refractivity contribution is 6.30. The Kier molecular flexibility index (Phi) is 8.50. The number of hydrogen-bond acceptors (Lipinski definition) is 5. The van der Waals surface area contributed by atoms with Crippen LogP contribution in [0, 0.1) is 0 Å². The second kappa shape index (κ2) is 10.6. The van der Waals surface area contributed by atoms with Gasteiger partial charge in [-0.1, -0.05) is 23.7 Å². The summed E-state index contributed by atoms with van der Waals surface area (Å²) in [6.07, 6.45) is 0.771. The summed E-state index contributed by atoms with van der Waals surface area (Å²) in [5.74, 6) is -0.215. The third kappa shape index (κ3) is 7.46. The van der Waals surface area contributed by atoms with Crippen LogP contribution in [0.1, 0.15) is 24.8 Å². The van der Waals surface area contributed by atoms with Crippen molar-refractivity contribution in [1.82, 2.24) is 15.5 Å². The molecule has 0 spiro atoms. The Hall–Kier alpha value is -1.67. The van der Waals surface area contributed by atoms with E-state index in [1.807, 2.05) is 26.2 Å². The standard InChI is InChI=1S/C19H28ClN3O4/c1-23(2)11-19(26)22-16-8-7-15(27-17(16)12-24)9-18(25)21-10-13-3-5-14(20)6-4-13/h3-6,15-17,24H,7-12H2,1-2H3,(H,21,25)(H,22,26)/t15-,16+,17+/m1/s1. The maximum Gasteiger partial charge on any atom is 0.234 e. The van der Waals surface area contributed by atoms with Crippen LogP contribution in [0.3, 0.4) is 0 Å². The van der Waals surface area contributed by atoms with Gasteiger partial charge in [0, 0.05) is 11.6 Å². The van der Waals surface area contributed by atoms with E-state index < -0.39 is 6.10 Å². The van der Waals surface area contributed by atoms with Crippen molar-refractivity contribution in [3.05, 3.63) is 34.9 Å². The molecule has 150 valence electrons. The van der Waals surface area contributed by atoms with Crippen LogP contribution in [0.25, 0.3) is 0 Å². The summed E-state index contributed by atoms with van der Waals surface area (Å²) in [4.78, 5) is 25.9. The number of nitrogens with one attached hydrogen (secondary N) is 2. The minimum atomic E-state index is -0.501. The number of likely N-dealkylation sites (N-methyl/N-ethyl adjacent to an activating group) is 1. The van der Waals surface area contributed by atoms with Gasteiger partial charge in [0.25, 0.3) is 0 Å². The fourth-order valence-electron chi connectivity index (χ4n) is 3.07. The zero-order valence-electron chi connectivity index (χ0n) is 15.8. The molecule has 27 heavy (non-hydrogen) atoms. The van der Waals surface area contributed by atoms with Crippen molar-refractivity contribution >= 4 is 23.4 Å². The largest absolute Gasteiger partial charge is 0.394 e. The lowest BCUT2D eigenvalue weighted by Gasteiger charge is -2.36. The van der Waals surface area contributed by atoms with E-state index in [1.165, 1.54) is 0 Å². The number of amides is 2. The van der Waals surface area contributed by atoms with Gasteiger partial charge in [0.2, 0.25) is 11.8 Å². The van der Waals surface area contributed by atoms with Crippen LogP contribution in [0.5, 0.6) is 0 Å². The summed E-state index contributed by atoms with van der Waals surface area (Å²) in [6.45, 7) is 0.510. The third-order valence-corrected chi connectivity index (χ3v) is 4.67. The van der Waals surface area contributed by atoms with Gasteiger partial charge in [-0.15, -0.1) is 0 Å². The van der Waals surface area contributed by atoms with Crippen molar-refractivity contribution < 1.29 is 19.4 Å². The van der Waals surface area contributed by atoms with Crippen LogP contribution >= 0.6 is 11.6 Å². The molecule has 0 saturated carbocycles. The molecule has 0 bridgehead atoms. The van der Waals surface area contributed by atoms with Gasteiger partial charge in [-0.2, -0.15) is 0 Å². The Morgan fingerprint density at radius 1 is 1.22 bits per heavy atom.